The molecule has 0 heterocycles. The second-order valence-electron chi connectivity index (χ2n) is 5.47. The predicted molar refractivity (Wildman–Crippen MR) is 91.6 cm³/mol. The number of anilines is 1. The summed E-state index contributed by atoms with van der Waals surface area (Å²) in [6.45, 7) is 4.55. The van der Waals surface area contributed by atoms with E-state index in [2.05, 4.69) is 5.32 Å². The maximum Gasteiger partial charge on any atom is 0.265 e. The molecule has 0 bridgehead atoms. The van der Waals surface area contributed by atoms with Crippen molar-refractivity contribution in [3.63, 3.8) is 0 Å². The third kappa shape index (κ3) is 4.52. The summed E-state index contributed by atoms with van der Waals surface area (Å²) in [6, 6.07) is 13.4. The molecule has 0 aliphatic rings. The van der Waals surface area contributed by atoms with Crippen molar-refractivity contribution in [3.8, 4) is 5.75 Å². The summed E-state index contributed by atoms with van der Waals surface area (Å²) in [5.41, 5.74) is 1.57. The molecule has 0 radical (unpaired) electrons. The van der Waals surface area contributed by atoms with Gasteiger partial charge in [-0.2, -0.15) is 0 Å². The first-order valence-corrected chi connectivity index (χ1v) is 7.56. The summed E-state index contributed by atoms with van der Waals surface area (Å²) < 4.78 is 5.59. The van der Waals surface area contributed by atoms with Gasteiger partial charge in [-0.1, -0.05) is 24.3 Å². The van der Waals surface area contributed by atoms with E-state index >= 15 is 0 Å². The molecule has 1 unspecified atom stereocenters. The normalized spacial score (nSPS) is 11.5. The lowest BCUT2D eigenvalue weighted by molar-refractivity contribution is -0.122. The second-order valence-corrected chi connectivity index (χ2v) is 5.47. The highest BCUT2D eigenvalue weighted by Gasteiger charge is 2.16. The second kappa shape index (κ2) is 7.55. The summed E-state index contributed by atoms with van der Waals surface area (Å²) in [5.74, 6) is -0.0400. The van der Waals surface area contributed by atoms with Crippen LogP contribution in [0.3, 0.4) is 0 Å². The standard InChI is InChI=1S/C19H19NO4/c1-12(21)15-6-4-8-17(10-15)20-19(23)14(3)24-18-9-5-7-16(11-18)13(2)22/h4-11,14H,1-3H3,(H,20,23). The fourth-order valence-electron chi connectivity index (χ4n) is 2.11. The lowest BCUT2D eigenvalue weighted by Crippen LogP contribution is -2.30. The van der Waals surface area contributed by atoms with Crippen molar-refractivity contribution in [3.05, 3.63) is 59.7 Å². The van der Waals surface area contributed by atoms with E-state index in [1.807, 2.05) is 0 Å². The Hall–Kier alpha value is -2.95. The van der Waals surface area contributed by atoms with E-state index in [0.29, 0.717) is 22.6 Å². The number of rotatable bonds is 6. The molecule has 0 aromatic heterocycles. The Morgan fingerprint density at radius 3 is 2.12 bits per heavy atom. The number of carbonyl (C=O) groups is 3. The molecule has 2 rings (SSSR count). The quantitative estimate of drug-likeness (QED) is 0.825. The molecule has 24 heavy (non-hydrogen) atoms. The zero-order valence-electron chi connectivity index (χ0n) is 13.8. The van der Waals surface area contributed by atoms with Gasteiger partial charge in [-0.25, -0.2) is 0 Å². The van der Waals surface area contributed by atoms with Crippen molar-refractivity contribution in [2.45, 2.75) is 26.9 Å². The molecule has 1 atom stereocenters. The van der Waals surface area contributed by atoms with Crippen LogP contribution in [0.1, 0.15) is 41.5 Å². The zero-order chi connectivity index (χ0) is 17.7. The van der Waals surface area contributed by atoms with Crippen LogP contribution in [0.2, 0.25) is 0 Å². The van der Waals surface area contributed by atoms with Gasteiger partial charge in [0.25, 0.3) is 5.91 Å². The molecule has 1 amide bonds. The Bertz CT molecular complexity index is 782. The van der Waals surface area contributed by atoms with Crippen molar-refractivity contribution in [2.75, 3.05) is 5.32 Å². The molecule has 1 N–H and O–H groups in total. The first kappa shape index (κ1) is 17.4. The smallest absolute Gasteiger partial charge is 0.265 e. The number of benzene rings is 2. The molecule has 0 aliphatic carbocycles. The first-order chi connectivity index (χ1) is 11.4. The van der Waals surface area contributed by atoms with Crippen LogP contribution in [0.15, 0.2) is 48.5 Å². The Labute approximate surface area is 140 Å². The van der Waals surface area contributed by atoms with E-state index in [0.717, 1.165) is 0 Å². The Kier molecular flexibility index (Phi) is 5.47. The summed E-state index contributed by atoms with van der Waals surface area (Å²) in [7, 11) is 0. The van der Waals surface area contributed by atoms with E-state index in [1.165, 1.54) is 13.8 Å². The van der Waals surface area contributed by atoms with Gasteiger partial charge in [-0.3, -0.25) is 14.4 Å². The minimum absolute atomic E-state index is 0.0707. The minimum Gasteiger partial charge on any atom is -0.481 e. The van der Waals surface area contributed by atoms with Crippen LogP contribution >= 0.6 is 0 Å². The number of hydrogen-bond donors (Lipinski definition) is 1. The largest absolute Gasteiger partial charge is 0.481 e. The van der Waals surface area contributed by atoms with Crippen molar-refractivity contribution in [1.82, 2.24) is 0 Å². The van der Waals surface area contributed by atoms with Gasteiger partial charge >= 0.3 is 0 Å². The third-order valence-corrected chi connectivity index (χ3v) is 3.46. The number of Topliss-reactive ketones (excluding diaryl/α,β-unsaturated/α-hetero) is 2. The number of nitrogens with one attached hydrogen (secondary N) is 1. The summed E-state index contributed by atoms with van der Waals surface area (Å²) >= 11 is 0. The van der Waals surface area contributed by atoms with Crippen molar-refractivity contribution < 1.29 is 19.1 Å². The summed E-state index contributed by atoms with van der Waals surface area (Å²) in [4.78, 5) is 35.0. The highest BCUT2D eigenvalue weighted by atomic mass is 16.5. The Morgan fingerprint density at radius 1 is 0.917 bits per heavy atom. The molecule has 5 nitrogen and oxygen atoms in total. The number of ether oxygens (including phenoxy) is 1. The molecule has 0 saturated carbocycles. The SMILES string of the molecule is CC(=O)c1cccc(NC(=O)C(C)Oc2cccc(C(C)=O)c2)c1. The fourth-order valence-corrected chi connectivity index (χ4v) is 2.11. The Balaban J connectivity index is 2.04. The number of amides is 1. The monoisotopic (exact) mass is 325 g/mol. The van der Waals surface area contributed by atoms with Crippen molar-refractivity contribution >= 4 is 23.2 Å². The summed E-state index contributed by atoms with van der Waals surface area (Å²) in [6.07, 6.45) is -0.756. The molecule has 0 spiro atoms. The average Bonchev–Trinajstić information content (AvgIpc) is 2.55. The van der Waals surface area contributed by atoms with E-state index < -0.39 is 6.10 Å². The molecular formula is C19H19NO4. The number of ketones is 2. The molecule has 0 saturated heterocycles. The molecule has 0 aliphatic heterocycles. The lowest BCUT2D eigenvalue weighted by Gasteiger charge is -2.15. The van der Waals surface area contributed by atoms with E-state index in [9.17, 15) is 14.4 Å². The maximum atomic E-state index is 12.2. The van der Waals surface area contributed by atoms with Gasteiger partial charge in [0.1, 0.15) is 5.75 Å². The van der Waals surface area contributed by atoms with E-state index in [1.54, 1.807) is 55.5 Å². The molecule has 2 aromatic rings. The highest BCUT2D eigenvalue weighted by Crippen LogP contribution is 2.17. The number of hydrogen-bond acceptors (Lipinski definition) is 4. The van der Waals surface area contributed by atoms with Crippen LogP contribution in [0.25, 0.3) is 0 Å². The van der Waals surface area contributed by atoms with Crippen LogP contribution in [0, 0.1) is 0 Å². The maximum absolute atomic E-state index is 12.2. The number of carbonyl (C=O) groups excluding carboxylic acids is 3. The topological polar surface area (TPSA) is 72.5 Å². The molecule has 124 valence electrons. The van der Waals surface area contributed by atoms with Crippen LogP contribution in [0.4, 0.5) is 5.69 Å². The first-order valence-electron chi connectivity index (χ1n) is 7.56. The van der Waals surface area contributed by atoms with E-state index in [-0.39, 0.29) is 17.5 Å². The predicted octanol–water partition coefficient (Wildman–Crippen LogP) is 3.50. The average molecular weight is 325 g/mol. The van der Waals surface area contributed by atoms with Gasteiger partial charge in [0.15, 0.2) is 17.7 Å². The van der Waals surface area contributed by atoms with Crippen LogP contribution < -0.4 is 10.1 Å². The van der Waals surface area contributed by atoms with Gasteiger partial charge in [-0.15, -0.1) is 0 Å². The van der Waals surface area contributed by atoms with Crippen molar-refractivity contribution in [1.29, 1.82) is 0 Å². The van der Waals surface area contributed by atoms with E-state index in [4.69, 9.17) is 4.74 Å². The van der Waals surface area contributed by atoms with Crippen molar-refractivity contribution in [2.24, 2.45) is 0 Å². The molecular weight excluding hydrogens is 306 g/mol. The van der Waals surface area contributed by atoms with Crippen LogP contribution in [-0.2, 0) is 4.79 Å². The van der Waals surface area contributed by atoms with Gasteiger partial charge in [0.05, 0.1) is 0 Å². The lowest BCUT2D eigenvalue weighted by atomic mass is 10.1. The molecule has 2 aromatic carbocycles. The minimum atomic E-state index is -0.756. The van der Waals surface area contributed by atoms with Gasteiger partial charge in [0, 0.05) is 16.8 Å². The molecule has 0 fully saturated rings. The van der Waals surface area contributed by atoms with Gasteiger partial charge in [-0.05, 0) is 45.0 Å². The van der Waals surface area contributed by atoms with Crippen LogP contribution in [0.5, 0.6) is 5.75 Å². The highest BCUT2D eigenvalue weighted by molar-refractivity contribution is 5.98. The summed E-state index contributed by atoms with van der Waals surface area (Å²) in [5, 5.41) is 2.71. The fraction of sp³-hybridized carbons (Fsp3) is 0.211. The van der Waals surface area contributed by atoms with Gasteiger partial charge < -0.3 is 10.1 Å². The van der Waals surface area contributed by atoms with Gasteiger partial charge in [0.2, 0.25) is 0 Å². The zero-order valence-corrected chi connectivity index (χ0v) is 13.8. The molecule has 5 heteroatoms. The Morgan fingerprint density at radius 2 is 1.50 bits per heavy atom. The third-order valence-electron chi connectivity index (χ3n) is 3.46. The van der Waals surface area contributed by atoms with Crippen LogP contribution in [-0.4, -0.2) is 23.6 Å².